The van der Waals surface area contributed by atoms with Crippen molar-refractivity contribution in [1.82, 2.24) is 4.57 Å². The largest absolute Gasteiger partial charge is 0.449 e. The molecular weight excluding hydrogens is 268 g/mol. The van der Waals surface area contributed by atoms with Crippen LogP contribution in [0.3, 0.4) is 0 Å². The number of carbonyl (C=O) groups is 2. The minimum absolute atomic E-state index is 0.384. The first kappa shape index (κ1) is 14.8. The van der Waals surface area contributed by atoms with Crippen molar-refractivity contribution < 1.29 is 14.3 Å². The fourth-order valence-corrected chi connectivity index (χ4v) is 2.11. The van der Waals surface area contributed by atoms with Gasteiger partial charge in [0.1, 0.15) is 0 Å². The lowest BCUT2D eigenvalue weighted by Gasteiger charge is -2.12. The number of nitrogens with two attached hydrogens (primary N) is 1. The normalized spacial score (nSPS) is 12.0. The van der Waals surface area contributed by atoms with Crippen molar-refractivity contribution in [2.75, 3.05) is 0 Å². The zero-order chi connectivity index (χ0) is 15.6. The number of hydrogen-bond acceptors (Lipinski definition) is 3. The Hall–Kier alpha value is -2.56. The Morgan fingerprint density at radius 2 is 1.57 bits per heavy atom. The number of rotatable bonds is 4. The Balaban J connectivity index is 2.20. The Kier molecular flexibility index (Phi) is 4.12. The predicted octanol–water partition coefficient (Wildman–Crippen LogP) is 2.12. The number of ether oxygens (including phenoxy) is 1. The van der Waals surface area contributed by atoms with E-state index in [0.29, 0.717) is 5.56 Å². The third-order valence-corrected chi connectivity index (χ3v) is 3.32. The van der Waals surface area contributed by atoms with E-state index in [2.05, 4.69) is 4.57 Å². The molecule has 1 aromatic carbocycles. The highest BCUT2D eigenvalue weighted by atomic mass is 16.5. The van der Waals surface area contributed by atoms with Crippen LogP contribution in [0.15, 0.2) is 36.4 Å². The molecule has 5 nitrogen and oxygen atoms in total. The van der Waals surface area contributed by atoms with Crippen molar-refractivity contribution in [3.63, 3.8) is 0 Å². The molecule has 1 atom stereocenters. The topological polar surface area (TPSA) is 74.3 Å². The molecule has 21 heavy (non-hydrogen) atoms. The molecule has 0 saturated heterocycles. The van der Waals surface area contributed by atoms with Gasteiger partial charge in [-0.15, -0.1) is 0 Å². The van der Waals surface area contributed by atoms with Crippen molar-refractivity contribution in [1.29, 1.82) is 0 Å². The number of carbonyl (C=O) groups excluding carboxylic acids is 2. The van der Waals surface area contributed by atoms with Crippen LogP contribution in [-0.4, -0.2) is 22.5 Å². The molecule has 0 unspecified atom stereocenters. The van der Waals surface area contributed by atoms with Crippen molar-refractivity contribution in [3.8, 4) is 5.69 Å². The van der Waals surface area contributed by atoms with Crippen LogP contribution in [0.2, 0.25) is 0 Å². The van der Waals surface area contributed by atoms with E-state index in [9.17, 15) is 9.59 Å². The lowest BCUT2D eigenvalue weighted by Crippen LogP contribution is -2.30. The first-order valence-corrected chi connectivity index (χ1v) is 6.66. The highest BCUT2D eigenvalue weighted by Crippen LogP contribution is 2.17. The van der Waals surface area contributed by atoms with Crippen LogP contribution in [0.5, 0.6) is 0 Å². The van der Waals surface area contributed by atoms with Gasteiger partial charge in [-0.3, -0.25) is 4.79 Å². The van der Waals surface area contributed by atoms with Crippen LogP contribution < -0.4 is 5.73 Å². The standard InChI is InChI=1S/C16H18N2O3/c1-10-4-5-11(2)18(10)14-8-6-13(7-9-14)16(20)21-12(3)15(17)19/h4-9,12H,1-3H3,(H2,17,19)/t12-/m0/s1. The number of nitrogens with zero attached hydrogens (tertiary/aromatic N) is 1. The smallest absolute Gasteiger partial charge is 0.338 e. The van der Waals surface area contributed by atoms with Crippen LogP contribution in [0.25, 0.3) is 5.69 Å². The van der Waals surface area contributed by atoms with Crippen LogP contribution in [0.4, 0.5) is 0 Å². The second kappa shape index (κ2) is 5.83. The van der Waals surface area contributed by atoms with Crippen LogP contribution in [0.1, 0.15) is 28.7 Å². The van der Waals surface area contributed by atoms with Gasteiger partial charge in [0.2, 0.25) is 0 Å². The van der Waals surface area contributed by atoms with E-state index < -0.39 is 18.0 Å². The van der Waals surface area contributed by atoms with Gasteiger partial charge in [0.15, 0.2) is 6.10 Å². The van der Waals surface area contributed by atoms with Crippen molar-refractivity contribution in [2.45, 2.75) is 26.9 Å². The third-order valence-electron chi connectivity index (χ3n) is 3.32. The number of primary amides is 1. The average Bonchev–Trinajstić information content (AvgIpc) is 2.78. The summed E-state index contributed by atoms with van der Waals surface area (Å²) in [6.07, 6.45) is -0.939. The fraction of sp³-hybridized carbons (Fsp3) is 0.250. The van der Waals surface area contributed by atoms with Gasteiger partial charge in [0.25, 0.3) is 5.91 Å². The van der Waals surface area contributed by atoms with Gasteiger partial charge >= 0.3 is 5.97 Å². The highest BCUT2D eigenvalue weighted by Gasteiger charge is 2.16. The third kappa shape index (κ3) is 3.13. The number of aromatic nitrogens is 1. The van der Waals surface area contributed by atoms with Gasteiger partial charge in [-0.1, -0.05) is 0 Å². The van der Waals surface area contributed by atoms with Crippen molar-refractivity contribution in [3.05, 3.63) is 53.3 Å². The molecular formula is C16H18N2O3. The number of esters is 1. The minimum Gasteiger partial charge on any atom is -0.449 e. The number of benzene rings is 1. The molecule has 0 aliphatic carbocycles. The molecule has 0 fully saturated rings. The van der Waals surface area contributed by atoms with E-state index >= 15 is 0 Å². The molecule has 2 aromatic rings. The molecule has 5 heteroatoms. The van der Waals surface area contributed by atoms with Gasteiger partial charge in [-0.25, -0.2) is 4.79 Å². The average molecular weight is 286 g/mol. The molecule has 1 amide bonds. The zero-order valence-electron chi connectivity index (χ0n) is 12.3. The summed E-state index contributed by atoms with van der Waals surface area (Å²) in [5, 5.41) is 0. The SMILES string of the molecule is Cc1ccc(C)n1-c1ccc(C(=O)O[C@@H](C)C(N)=O)cc1. The molecule has 0 aliphatic rings. The Bertz CT molecular complexity index is 652. The molecule has 0 bridgehead atoms. The zero-order valence-corrected chi connectivity index (χ0v) is 12.3. The van der Waals surface area contributed by atoms with E-state index in [1.54, 1.807) is 12.1 Å². The first-order chi connectivity index (χ1) is 9.90. The van der Waals surface area contributed by atoms with E-state index in [1.165, 1.54) is 6.92 Å². The lowest BCUT2D eigenvalue weighted by atomic mass is 10.2. The summed E-state index contributed by atoms with van der Waals surface area (Å²) in [5.41, 5.74) is 8.65. The molecule has 110 valence electrons. The Morgan fingerprint density at radius 3 is 2.05 bits per heavy atom. The minimum atomic E-state index is -0.939. The summed E-state index contributed by atoms with van der Waals surface area (Å²) in [7, 11) is 0. The first-order valence-electron chi connectivity index (χ1n) is 6.66. The number of aryl methyl sites for hydroxylation is 2. The molecule has 0 radical (unpaired) electrons. The molecule has 0 saturated carbocycles. The molecule has 1 heterocycles. The van der Waals surface area contributed by atoms with E-state index in [-0.39, 0.29) is 0 Å². The maximum absolute atomic E-state index is 11.9. The van der Waals surface area contributed by atoms with Gasteiger partial charge in [0, 0.05) is 17.1 Å². The summed E-state index contributed by atoms with van der Waals surface area (Å²) in [6, 6.07) is 11.1. The molecule has 0 aliphatic heterocycles. The molecule has 2 N–H and O–H groups in total. The van der Waals surface area contributed by atoms with Gasteiger partial charge in [0.05, 0.1) is 5.56 Å². The van der Waals surface area contributed by atoms with E-state index in [4.69, 9.17) is 10.5 Å². The maximum atomic E-state index is 11.9. The second-order valence-corrected chi connectivity index (χ2v) is 4.95. The number of amides is 1. The monoisotopic (exact) mass is 286 g/mol. The highest BCUT2D eigenvalue weighted by molar-refractivity contribution is 5.92. The van der Waals surface area contributed by atoms with Crippen molar-refractivity contribution >= 4 is 11.9 Å². The molecule has 0 spiro atoms. The fourth-order valence-electron chi connectivity index (χ4n) is 2.11. The second-order valence-electron chi connectivity index (χ2n) is 4.95. The van der Waals surface area contributed by atoms with Crippen LogP contribution in [-0.2, 0) is 9.53 Å². The van der Waals surface area contributed by atoms with Crippen molar-refractivity contribution in [2.24, 2.45) is 5.73 Å². The summed E-state index contributed by atoms with van der Waals surface area (Å²) in [6.45, 7) is 5.48. The quantitative estimate of drug-likeness (QED) is 0.875. The van der Waals surface area contributed by atoms with E-state index in [1.807, 2.05) is 38.1 Å². The van der Waals surface area contributed by atoms with Gasteiger partial charge in [-0.2, -0.15) is 0 Å². The van der Waals surface area contributed by atoms with Gasteiger partial charge in [-0.05, 0) is 57.2 Å². The van der Waals surface area contributed by atoms with Crippen LogP contribution >= 0.6 is 0 Å². The Labute approximate surface area is 123 Å². The summed E-state index contributed by atoms with van der Waals surface area (Å²) >= 11 is 0. The van der Waals surface area contributed by atoms with Crippen LogP contribution in [0, 0.1) is 13.8 Å². The lowest BCUT2D eigenvalue weighted by molar-refractivity contribution is -0.125. The van der Waals surface area contributed by atoms with E-state index in [0.717, 1.165) is 17.1 Å². The predicted molar refractivity (Wildman–Crippen MR) is 79.3 cm³/mol. The number of hydrogen-bond donors (Lipinski definition) is 1. The van der Waals surface area contributed by atoms with Gasteiger partial charge < -0.3 is 15.0 Å². The Morgan fingerprint density at radius 1 is 1.05 bits per heavy atom. The summed E-state index contributed by atoms with van der Waals surface area (Å²) in [4.78, 5) is 22.7. The summed E-state index contributed by atoms with van der Waals surface area (Å²) in [5.74, 6) is -1.23. The molecule has 1 aromatic heterocycles. The summed E-state index contributed by atoms with van der Waals surface area (Å²) < 4.78 is 7.04. The maximum Gasteiger partial charge on any atom is 0.338 e. The molecule has 2 rings (SSSR count).